The summed E-state index contributed by atoms with van der Waals surface area (Å²) in [6.45, 7) is 14.0. The fourth-order valence-electron chi connectivity index (χ4n) is 7.36. The molecule has 4 fully saturated rings. The molecule has 10 heteroatoms. The van der Waals surface area contributed by atoms with E-state index < -0.39 is 29.1 Å². The van der Waals surface area contributed by atoms with Crippen LogP contribution in [-0.2, 0) is 23.9 Å². The smallest absolute Gasteiger partial charge is 0.248 e. The maximum Gasteiger partial charge on any atom is 0.248 e. The summed E-state index contributed by atoms with van der Waals surface area (Å²) in [5, 5.41) is 9.94. The second-order valence-electron chi connectivity index (χ2n) is 11.6. The van der Waals surface area contributed by atoms with Gasteiger partial charge in [-0.15, -0.1) is 13.2 Å². The Hall–Kier alpha value is -3.05. The lowest BCUT2D eigenvalue weighted by atomic mass is 9.66. The van der Waals surface area contributed by atoms with Crippen LogP contribution in [0.3, 0.4) is 0 Å². The number of anilines is 1. The molecule has 222 valence electrons. The molecule has 4 aliphatic rings. The summed E-state index contributed by atoms with van der Waals surface area (Å²) in [4.78, 5) is 50.0. The van der Waals surface area contributed by atoms with Crippen molar-refractivity contribution in [2.75, 3.05) is 70.5 Å². The molecule has 2 bridgehead atoms. The predicted octanol–water partition coefficient (Wildman–Crippen LogP) is 1.31. The number of morpholine rings is 1. The van der Waals surface area contributed by atoms with Crippen LogP contribution in [0.15, 0.2) is 55.6 Å². The monoisotopic (exact) mass is 566 g/mol. The van der Waals surface area contributed by atoms with Gasteiger partial charge in [-0.05, 0) is 31.9 Å². The molecule has 1 aromatic rings. The third-order valence-electron chi connectivity index (χ3n) is 9.21. The first-order valence-corrected chi connectivity index (χ1v) is 14.6. The van der Waals surface area contributed by atoms with Gasteiger partial charge in [-0.3, -0.25) is 19.3 Å². The largest absolute Gasteiger partial charge is 0.395 e. The van der Waals surface area contributed by atoms with Crippen molar-refractivity contribution >= 4 is 23.4 Å². The Balaban J connectivity index is 1.47. The summed E-state index contributed by atoms with van der Waals surface area (Å²) in [5.74, 6) is -2.35. The zero-order chi connectivity index (χ0) is 29.2. The van der Waals surface area contributed by atoms with Crippen molar-refractivity contribution in [3.05, 3.63) is 55.6 Å². The standard InChI is InChI=1S/C31H42N4O6/c1-4-13-33(16-15-32-18-21-40-22-19-32)29(39)26-31-12-11-30(3,41-31)24(25(31)28(38)35(26)17-20-36)27(37)34(14-5-2)23-9-7-6-8-10-23/h4-10,24-26,36H,1-2,11-22H2,3H3/t24-,25-,26?,30+,31?/m0/s1. The SMILES string of the molecule is C=CCN(CCN1CCOCC1)C(=O)C1N(CCO)C(=O)[C@@H]2[C@@H](C(=O)N(CC=C)c3ccccc3)[C@@]3(C)CCC12O3. The summed E-state index contributed by atoms with van der Waals surface area (Å²) in [5.41, 5.74) is -1.33. The van der Waals surface area contributed by atoms with E-state index >= 15 is 0 Å². The number of carbonyl (C=O) groups excluding carboxylic acids is 3. The van der Waals surface area contributed by atoms with E-state index in [1.807, 2.05) is 37.3 Å². The van der Waals surface area contributed by atoms with Gasteiger partial charge in [0.15, 0.2) is 0 Å². The van der Waals surface area contributed by atoms with Gasteiger partial charge in [-0.1, -0.05) is 30.4 Å². The average Bonchev–Trinajstić information content (AvgIpc) is 3.55. The van der Waals surface area contributed by atoms with Gasteiger partial charge in [0.05, 0.1) is 37.3 Å². The van der Waals surface area contributed by atoms with Crippen molar-refractivity contribution < 1.29 is 29.0 Å². The van der Waals surface area contributed by atoms with Crippen LogP contribution in [0, 0.1) is 11.8 Å². The number of hydrogen-bond donors (Lipinski definition) is 1. The number of aliphatic hydroxyl groups excluding tert-OH is 1. The predicted molar refractivity (Wildman–Crippen MR) is 154 cm³/mol. The summed E-state index contributed by atoms with van der Waals surface area (Å²) in [6, 6.07) is 8.40. The molecule has 0 aromatic heterocycles. The van der Waals surface area contributed by atoms with Gasteiger partial charge in [0.1, 0.15) is 11.6 Å². The lowest BCUT2D eigenvalue weighted by Gasteiger charge is -2.37. The van der Waals surface area contributed by atoms with E-state index in [1.54, 1.807) is 22.0 Å². The maximum absolute atomic E-state index is 14.4. The number of para-hydroxylation sites is 1. The number of likely N-dealkylation sites (tertiary alicyclic amines) is 1. The zero-order valence-electron chi connectivity index (χ0n) is 24.0. The minimum absolute atomic E-state index is 0.00503. The lowest BCUT2D eigenvalue weighted by molar-refractivity contribution is -0.151. The molecule has 0 radical (unpaired) electrons. The van der Waals surface area contributed by atoms with E-state index in [0.717, 1.165) is 13.1 Å². The first-order valence-electron chi connectivity index (χ1n) is 14.6. The number of β-amino-alcohol motifs (C(OH)–C–C–N with tert-alkyl or cyclic N) is 1. The minimum Gasteiger partial charge on any atom is -0.395 e. The molecule has 1 aromatic carbocycles. The Morgan fingerprint density at radius 2 is 1.78 bits per heavy atom. The topological polar surface area (TPSA) is 103 Å². The molecule has 2 unspecified atom stereocenters. The second-order valence-corrected chi connectivity index (χ2v) is 11.6. The zero-order valence-corrected chi connectivity index (χ0v) is 24.0. The highest BCUT2D eigenvalue weighted by molar-refractivity contribution is 6.03. The van der Waals surface area contributed by atoms with Gasteiger partial charge >= 0.3 is 0 Å². The van der Waals surface area contributed by atoms with Crippen LogP contribution >= 0.6 is 0 Å². The number of ether oxygens (including phenoxy) is 2. The first kappa shape index (κ1) is 29.4. The number of carbonyl (C=O) groups is 3. The number of hydrogen-bond acceptors (Lipinski definition) is 7. The van der Waals surface area contributed by atoms with Crippen LogP contribution in [-0.4, -0.2) is 120 Å². The van der Waals surface area contributed by atoms with E-state index in [1.165, 1.54) is 4.90 Å². The van der Waals surface area contributed by atoms with E-state index in [4.69, 9.17) is 9.47 Å². The van der Waals surface area contributed by atoms with Gasteiger partial charge in [0, 0.05) is 51.5 Å². The Bertz CT molecular complexity index is 1160. The van der Waals surface area contributed by atoms with Gasteiger partial charge < -0.3 is 29.3 Å². The van der Waals surface area contributed by atoms with Gasteiger partial charge in [0.2, 0.25) is 17.7 Å². The van der Waals surface area contributed by atoms with Crippen molar-refractivity contribution in [1.29, 1.82) is 0 Å². The Kier molecular flexibility index (Phi) is 8.65. The van der Waals surface area contributed by atoms with Crippen molar-refractivity contribution in [3.63, 3.8) is 0 Å². The number of nitrogens with zero attached hydrogens (tertiary/aromatic N) is 4. The molecular weight excluding hydrogens is 524 g/mol. The van der Waals surface area contributed by atoms with Crippen molar-refractivity contribution in [2.45, 2.75) is 37.0 Å². The molecule has 3 amide bonds. The molecule has 1 N–H and O–H groups in total. The van der Waals surface area contributed by atoms with E-state index in [0.29, 0.717) is 51.4 Å². The second kappa shape index (κ2) is 12.1. The summed E-state index contributed by atoms with van der Waals surface area (Å²) in [6.07, 6.45) is 4.39. The van der Waals surface area contributed by atoms with Crippen molar-refractivity contribution in [3.8, 4) is 0 Å². The lowest BCUT2D eigenvalue weighted by Crippen LogP contribution is -2.57. The highest BCUT2D eigenvalue weighted by Crippen LogP contribution is 2.63. The van der Waals surface area contributed by atoms with E-state index in [9.17, 15) is 19.5 Å². The van der Waals surface area contributed by atoms with Gasteiger partial charge in [0.25, 0.3) is 0 Å². The fraction of sp³-hybridized carbons (Fsp3) is 0.581. The summed E-state index contributed by atoms with van der Waals surface area (Å²) < 4.78 is 12.2. The molecule has 0 saturated carbocycles. The number of amides is 3. The molecule has 10 nitrogen and oxygen atoms in total. The molecule has 0 aliphatic carbocycles. The molecule has 41 heavy (non-hydrogen) atoms. The quantitative estimate of drug-likeness (QED) is 0.381. The molecule has 1 spiro atoms. The number of benzene rings is 1. The van der Waals surface area contributed by atoms with Crippen LogP contribution in [0.2, 0.25) is 0 Å². The number of aliphatic hydroxyl groups is 1. The highest BCUT2D eigenvalue weighted by Gasteiger charge is 2.78. The van der Waals surface area contributed by atoms with Crippen LogP contribution in [0.1, 0.15) is 19.8 Å². The third-order valence-corrected chi connectivity index (χ3v) is 9.21. The Labute approximate surface area is 242 Å². The molecule has 4 saturated heterocycles. The van der Waals surface area contributed by atoms with Crippen molar-refractivity contribution in [1.82, 2.24) is 14.7 Å². The van der Waals surface area contributed by atoms with Crippen molar-refractivity contribution in [2.24, 2.45) is 11.8 Å². The van der Waals surface area contributed by atoms with E-state index in [2.05, 4.69) is 18.1 Å². The van der Waals surface area contributed by atoms with Crippen LogP contribution in [0.4, 0.5) is 5.69 Å². The van der Waals surface area contributed by atoms with Gasteiger partial charge in [-0.25, -0.2) is 0 Å². The Morgan fingerprint density at radius 1 is 1.07 bits per heavy atom. The number of fused-ring (bicyclic) bond motifs is 1. The van der Waals surface area contributed by atoms with Crippen LogP contribution < -0.4 is 4.90 Å². The normalized spacial score (nSPS) is 30.7. The first-order chi connectivity index (χ1) is 19.8. The summed E-state index contributed by atoms with van der Waals surface area (Å²) in [7, 11) is 0. The average molecular weight is 567 g/mol. The minimum atomic E-state index is -1.15. The fourth-order valence-corrected chi connectivity index (χ4v) is 7.36. The maximum atomic E-state index is 14.4. The van der Waals surface area contributed by atoms with Gasteiger partial charge in [-0.2, -0.15) is 0 Å². The molecule has 4 heterocycles. The highest BCUT2D eigenvalue weighted by atomic mass is 16.5. The van der Waals surface area contributed by atoms with E-state index in [-0.39, 0.29) is 37.4 Å². The molecule has 5 rings (SSSR count). The van der Waals surface area contributed by atoms with Crippen LogP contribution in [0.5, 0.6) is 0 Å². The third kappa shape index (κ3) is 5.11. The summed E-state index contributed by atoms with van der Waals surface area (Å²) >= 11 is 0. The molecular formula is C31H42N4O6. The van der Waals surface area contributed by atoms with Crippen LogP contribution in [0.25, 0.3) is 0 Å². The molecule has 4 aliphatic heterocycles. The number of rotatable bonds is 12. The Morgan fingerprint density at radius 3 is 2.44 bits per heavy atom. The molecule has 5 atom stereocenters.